The largest absolute Gasteiger partial charge is 0.461 e. The molecule has 0 fully saturated rings. The fourth-order valence-corrected chi connectivity index (χ4v) is 2.21. The number of esters is 1. The van der Waals surface area contributed by atoms with Gasteiger partial charge in [0, 0.05) is 12.3 Å². The van der Waals surface area contributed by atoms with E-state index in [-0.39, 0.29) is 22.5 Å². The van der Waals surface area contributed by atoms with E-state index in [0.29, 0.717) is 0 Å². The van der Waals surface area contributed by atoms with Crippen LogP contribution in [-0.2, 0) is 4.74 Å². The molecule has 23 heavy (non-hydrogen) atoms. The molecule has 0 aliphatic carbocycles. The third kappa shape index (κ3) is 3.34. The second-order valence-electron chi connectivity index (χ2n) is 4.18. The Balaban J connectivity index is 2.54. The molecule has 0 saturated heterocycles. The molecule has 10 nitrogen and oxygen atoms in total. The number of nitro groups is 2. The first-order chi connectivity index (χ1) is 10.8. The molecule has 2 rings (SSSR count). The van der Waals surface area contributed by atoms with Crippen molar-refractivity contribution in [2.45, 2.75) is 6.92 Å². The van der Waals surface area contributed by atoms with E-state index in [1.54, 1.807) is 6.92 Å². The summed E-state index contributed by atoms with van der Waals surface area (Å²) in [6.45, 7) is 1.78. The highest BCUT2D eigenvalue weighted by Crippen LogP contribution is 2.29. The average molecular weight is 385 g/mol. The molecular weight excluding hydrogens is 376 g/mol. The second kappa shape index (κ2) is 6.52. The minimum Gasteiger partial charge on any atom is -0.461 e. The predicted molar refractivity (Wildman–Crippen MR) is 80.5 cm³/mol. The number of benzene rings is 1. The summed E-state index contributed by atoms with van der Waals surface area (Å²) in [5.41, 5.74) is -1.00. The first kappa shape index (κ1) is 16.5. The van der Waals surface area contributed by atoms with Crippen LogP contribution < -0.4 is 0 Å². The van der Waals surface area contributed by atoms with Crippen LogP contribution in [0, 0.1) is 20.2 Å². The van der Waals surface area contributed by atoms with E-state index in [4.69, 9.17) is 4.74 Å². The maximum Gasteiger partial charge on any atom is 0.360 e. The van der Waals surface area contributed by atoms with Crippen LogP contribution in [-0.4, -0.2) is 32.2 Å². The lowest BCUT2D eigenvalue weighted by Gasteiger charge is -2.03. The highest BCUT2D eigenvalue weighted by atomic mass is 79.9. The zero-order valence-electron chi connectivity index (χ0n) is 11.6. The third-order valence-electron chi connectivity index (χ3n) is 2.75. The molecule has 0 amide bonds. The van der Waals surface area contributed by atoms with Crippen molar-refractivity contribution < 1.29 is 19.4 Å². The lowest BCUT2D eigenvalue weighted by Crippen LogP contribution is -2.08. The molecule has 11 heteroatoms. The Morgan fingerprint density at radius 3 is 2.61 bits per heavy atom. The summed E-state index contributed by atoms with van der Waals surface area (Å²) in [5.74, 6) is -0.692. The van der Waals surface area contributed by atoms with Gasteiger partial charge in [-0.3, -0.25) is 20.2 Å². The quantitative estimate of drug-likeness (QED) is 0.439. The molecule has 0 radical (unpaired) electrons. The molecule has 0 atom stereocenters. The fourth-order valence-electron chi connectivity index (χ4n) is 1.78. The van der Waals surface area contributed by atoms with Crippen LogP contribution in [0.25, 0.3) is 5.69 Å². The van der Waals surface area contributed by atoms with E-state index in [1.165, 1.54) is 12.3 Å². The molecule has 0 N–H and O–H groups in total. The predicted octanol–water partition coefficient (Wildman–Crippen LogP) is 2.63. The number of carbonyl (C=O) groups is 1. The summed E-state index contributed by atoms with van der Waals surface area (Å²) in [6, 6.07) is 3.13. The first-order valence-electron chi connectivity index (χ1n) is 6.20. The van der Waals surface area contributed by atoms with Crippen molar-refractivity contribution in [3.8, 4) is 5.69 Å². The fraction of sp³-hybridized carbons (Fsp3) is 0.167. The summed E-state index contributed by atoms with van der Waals surface area (Å²) in [7, 11) is 0. The van der Waals surface area contributed by atoms with Gasteiger partial charge in [-0.1, -0.05) is 0 Å². The molecule has 1 aromatic carbocycles. The van der Waals surface area contributed by atoms with Crippen LogP contribution in [0.15, 0.2) is 28.9 Å². The summed E-state index contributed by atoms with van der Waals surface area (Å²) in [5, 5.41) is 25.8. The van der Waals surface area contributed by atoms with Crippen LogP contribution in [0.2, 0.25) is 0 Å². The standard InChI is InChI=1S/C12H9BrN4O6/c1-2-23-12(18)11-8(13)6-15(14-11)9-4-3-7(16(19)20)5-10(9)17(21)22/h3-6H,2H2,1H3. The number of aromatic nitrogens is 2. The molecule has 2 aromatic rings. The zero-order valence-corrected chi connectivity index (χ0v) is 13.2. The number of carbonyl (C=O) groups excluding carboxylic acids is 1. The maximum atomic E-state index is 11.7. The minimum absolute atomic E-state index is 0.0168. The van der Waals surface area contributed by atoms with Crippen LogP contribution in [0.4, 0.5) is 11.4 Å². The van der Waals surface area contributed by atoms with E-state index in [0.717, 1.165) is 16.8 Å². The van der Waals surface area contributed by atoms with E-state index in [9.17, 15) is 25.0 Å². The Bertz CT molecular complexity index is 803. The molecule has 1 heterocycles. The number of hydrogen-bond donors (Lipinski definition) is 0. The Morgan fingerprint density at radius 1 is 1.35 bits per heavy atom. The summed E-state index contributed by atoms with van der Waals surface area (Å²) < 4.78 is 6.18. The van der Waals surface area contributed by atoms with E-state index < -0.39 is 27.2 Å². The van der Waals surface area contributed by atoms with Gasteiger partial charge in [0.1, 0.15) is 5.69 Å². The number of ether oxygens (including phenoxy) is 1. The van der Waals surface area contributed by atoms with Crippen molar-refractivity contribution in [1.29, 1.82) is 0 Å². The minimum atomic E-state index is -0.762. The molecule has 0 unspecified atom stereocenters. The molecule has 0 spiro atoms. The van der Waals surface area contributed by atoms with Crippen molar-refractivity contribution in [2.24, 2.45) is 0 Å². The van der Waals surface area contributed by atoms with Crippen molar-refractivity contribution in [2.75, 3.05) is 6.61 Å². The topological polar surface area (TPSA) is 130 Å². The number of rotatable bonds is 5. The molecule has 0 bridgehead atoms. The molecule has 0 saturated carbocycles. The number of halogens is 1. The van der Waals surface area contributed by atoms with Crippen LogP contribution in [0.3, 0.4) is 0 Å². The summed E-state index contributed by atoms with van der Waals surface area (Å²) in [4.78, 5) is 32.1. The van der Waals surface area contributed by atoms with Gasteiger partial charge < -0.3 is 4.74 Å². The lowest BCUT2D eigenvalue weighted by molar-refractivity contribution is -0.394. The van der Waals surface area contributed by atoms with Crippen LogP contribution in [0.1, 0.15) is 17.4 Å². The van der Waals surface area contributed by atoms with Crippen molar-refractivity contribution in [3.63, 3.8) is 0 Å². The number of non-ortho nitro benzene ring substituents is 1. The Labute approximate surface area is 137 Å². The van der Waals surface area contributed by atoms with Crippen molar-refractivity contribution in [3.05, 3.63) is 54.8 Å². The van der Waals surface area contributed by atoms with Gasteiger partial charge in [-0.2, -0.15) is 5.10 Å². The zero-order chi connectivity index (χ0) is 17.1. The van der Waals surface area contributed by atoms with E-state index >= 15 is 0 Å². The van der Waals surface area contributed by atoms with Gasteiger partial charge >= 0.3 is 11.7 Å². The van der Waals surface area contributed by atoms with Gasteiger partial charge in [0.15, 0.2) is 5.69 Å². The molecular formula is C12H9BrN4O6. The Kier molecular flexibility index (Phi) is 4.69. The van der Waals surface area contributed by atoms with E-state index in [1.807, 2.05) is 0 Å². The average Bonchev–Trinajstić information content (AvgIpc) is 2.88. The van der Waals surface area contributed by atoms with Crippen LogP contribution in [0.5, 0.6) is 0 Å². The van der Waals surface area contributed by atoms with Crippen LogP contribution >= 0.6 is 15.9 Å². The number of nitro benzene ring substituents is 2. The summed E-state index contributed by atoms with van der Waals surface area (Å²) in [6.07, 6.45) is 1.33. The highest BCUT2D eigenvalue weighted by molar-refractivity contribution is 9.10. The summed E-state index contributed by atoms with van der Waals surface area (Å²) >= 11 is 3.12. The van der Waals surface area contributed by atoms with Gasteiger partial charge in [0.05, 0.1) is 27.0 Å². The third-order valence-corrected chi connectivity index (χ3v) is 3.33. The van der Waals surface area contributed by atoms with Crippen molar-refractivity contribution >= 4 is 33.3 Å². The molecule has 120 valence electrons. The Morgan fingerprint density at radius 2 is 2.04 bits per heavy atom. The van der Waals surface area contributed by atoms with E-state index in [2.05, 4.69) is 21.0 Å². The molecule has 0 aliphatic rings. The molecule has 0 aliphatic heterocycles. The smallest absolute Gasteiger partial charge is 0.360 e. The second-order valence-corrected chi connectivity index (χ2v) is 5.03. The molecule has 1 aromatic heterocycles. The maximum absolute atomic E-state index is 11.7. The monoisotopic (exact) mass is 384 g/mol. The van der Waals surface area contributed by atoms with Gasteiger partial charge in [0.2, 0.25) is 0 Å². The number of hydrogen-bond acceptors (Lipinski definition) is 7. The van der Waals surface area contributed by atoms with Gasteiger partial charge in [-0.15, -0.1) is 0 Å². The van der Waals surface area contributed by atoms with Gasteiger partial charge in [-0.25, -0.2) is 9.48 Å². The van der Waals surface area contributed by atoms with Gasteiger partial charge in [0.25, 0.3) is 5.69 Å². The Hall–Kier alpha value is -2.82. The highest BCUT2D eigenvalue weighted by Gasteiger charge is 2.24. The first-order valence-corrected chi connectivity index (χ1v) is 7.00. The normalized spacial score (nSPS) is 10.3. The SMILES string of the molecule is CCOC(=O)c1nn(-c2ccc([N+](=O)[O-])cc2[N+](=O)[O-])cc1Br. The van der Waals surface area contributed by atoms with Gasteiger partial charge in [-0.05, 0) is 28.9 Å². The van der Waals surface area contributed by atoms with Crippen molar-refractivity contribution in [1.82, 2.24) is 9.78 Å². The number of nitrogens with zero attached hydrogens (tertiary/aromatic N) is 4. The lowest BCUT2D eigenvalue weighted by atomic mass is 10.2.